The maximum absolute atomic E-state index is 12.9. The SMILES string of the molecule is COc1ccc(COC(=O)CC[C@H](NC(=O)N[C@@H](CCCCN)C(C)=O)C(=O)OCc2ccc(OC)cc2)cc1. The summed E-state index contributed by atoms with van der Waals surface area (Å²) >= 11 is 0. The number of benzene rings is 2. The van der Waals surface area contributed by atoms with Gasteiger partial charge in [-0.2, -0.15) is 0 Å². The van der Waals surface area contributed by atoms with Crippen molar-refractivity contribution in [1.82, 2.24) is 10.6 Å². The maximum Gasteiger partial charge on any atom is 0.329 e. The molecule has 0 bridgehead atoms. The Morgan fingerprint density at radius 3 is 1.77 bits per heavy atom. The van der Waals surface area contributed by atoms with E-state index in [9.17, 15) is 19.2 Å². The standard InChI is InChI=1S/C29H39N3O8/c1-20(33)25(6-4-5-17-30)31-29(36)32-26(28(35)40-19-22-9-13-24(38-3)14-10-22)15-16-27(34)39-18-21-7-11-23(37-2)12-8-21/h7-14,25-26H,4-6,15-19,30H2,1-3H3,(H2,31,32,36)/t25-,26-/m0/s1. The smallest absolute Gasteiger partial charge is 0.329 e. The molecule has 4 N–H and O–H groups in total. The van der Waals surface area contributed by atoms with Gasteiger partial charge in [0, 0.05) is 6.42 Å². The number of ketones is 1. The first-order chi connectivity index (χ1) is 19.2. The molecule has 0 saturated heterocycles. The first kappa shape index (κ1) is 32.1. The minimum atomic E-state index is -1.15. The summed E-state index contributed by atoms with van der Waals surface area (Å²) in [5, 5.41) is 5.15. The number of nitrogens with two attached hydrogens (primary N) is 1. The second-order valence-corrected chi connectivity index (χ2v) is 9.12. The third-order valence-electron chi connectivity index (χ3n) is 6.07. The third-order valence-corrected chi connectivity index (χ3v) is 6.07. The lowest BCUT2D eigenvalue weighted by molar-refractivity contribution is -0.148. The quantitative estimate of drug-likeness (QED) is 0.197. The number of amides is 2. The Bertz CT molecular complexity index is 1090. The number of carbonyl (C=O) groups excluding carboxylic acids is 4. The number of methoxy groups -OCH3 is 2. The van der Waals surface area contributed by atoms with Crippen molar-refractivity contribution < 1.29 is 38.1 Å². The van der Waals surface area contributed by atoms with E-state index >= 15 is 0 Å². The van der Waals surface area contributed by atoms with Crippen LogP contribution in [0.25, 0.3) is 0 Å². The number of hydrogen-bond donors (Lipinski definition) is 3. The van der Waals surface area contributed by atoms with E-state index in [1.54, 1.807) is 62.8 Å². The Kier molecular flexibility index (Phi) is 14.0. The molecular weight excluding hydrogens is 518 g/mol. The fourth-order valence-corrected chi connectivity index (χ4v) is 3.67. The largest absolute Gasteiger partial charge is 0.497 e. The summed E-state index contributed by atoms with van der Waals surface area (Å²) in [4.78, 5) is 50.0. The lowest BCUT2D eigenvalue weighted by Crippen LogP contribution is -2.51. The molecule has 0 aliphatic rings. The normalized spacial score (nSPS) is 12.0. The van der Waals surface area contributed by atoms with Crippen LogP contribution in [0.5, 0.6) is 11.5 Å². The lowest BCUT2D eigenvalue weighted by atomic mass is 10.1. The Morgan fingerprint density at radius 1 is 0.750 bits per heavy atom. The van der Waals surface area contributed by atoms with Gasteiger partial charge in [-0.1, -0.05) is 24.3 Å². The van der Waals surface area contributed by atoms with Gasteiger partial charge in [0.25, 0.3) is 0 Å². The van der Waals surface area contributed by atoms with Crippen molar-refractivity contribution in [3.05, 3.63) is 59.7 Å². The predicted octanol–water partition coefficient (Wildman–Crippen LogP) is 3.03. The van der Waals surface area contributed by atoms with E-state index in [0.29, 0.717) is 42.9 Å². The molecule has 0 saturated carbocycles. The Hall–Kier alpha value is -4.12. The van der Waals surface area contributed by atoms with Crippen molar-refractivity contribution in [2.24, 2.45) is 5.73 Å². The fraction of sp³-hybridized carbons (Fsp3) is 0.448. The van der Waals surface area contributed by atoms with Crippen LogP contribution < -0.4 is 25.8 Å². The number of Topliss-reactive ketones (excluding diaryl/α,β-unsaturated/α-hetero) is 1. The molecule has 11 heteroatoms. The predicted molar refractivity (Wildman–Crippen MR) is 148 cm³/mol. The molecule has 0 heterocycles. The molecule has 0 aromatic heterocycles. The lowest BCUT2D eigenvalue weighted by Gasteiger charge is -2.21. The summed E-state index contributed by atoms with van der Waals surface area (Å²) in [6.07, 6.45) is 1.59. The molecule has 0 aliphatic carbocycles. The molecule has 218 valence electrons. The Labute approximate surface area is 234 Å². The fourth-order valence-electron chi connectivity index (χ4n) is 3.67. The van der Waals surface area contributed by atoms with Gasteiger partial charge in [-0.15, -0.1) is 0 Å². The molecule has 2 amide bonds. The summed E-state index contributed by atoms with van der Waals surface area (Å²) in [6, 6.07) is 11.4. The monoisotopic (exact) mass is 557 g/mol. The zero-order chi connectivity index (χ0) is 29.3. The number of esters is 2. The van der Waals surface area contributed by atoms with Crippen molar-refractivity contribution in [3.8, 4) is 11.5 Å². The van der Waals surface area contributed by atoms with Crippen molar-refractivity contribution in [2.75, 3.05) is 20.8 Å². The number of hydrogen-bond acceptors (Lipinski definition) is 9. The van der Waals surface area contributed by atoms with Crippen LogP contribution in [0.2, 0.25) is 0 Å². The van der Waals surface area contributed by atoms with Crippen LogP contribution in [0.1, 0.15) is 50.2 Å². The van der Waals surface area contributed by atoms with Crippen LogP contribution in [0, 0.1) is 0 Å². The highest BCUT2D eigenvalue weighted by molar-refractivity contribution is 5.89. The average molecular weight is 558 g/mol. The molecule has 0 spiro atoms. The highest BCUT2D eigenvalue weighted by Crippen LogP contribution is 2.14. The number of rotatable bonds is 17. The number of carbonyl (C=O) groups is 4. The number of ether oxygens (including phenoxy) is 4. The van der Waals surface area contributed by atoms with Gasteiger partial charge < -0.3 is 35.3 Å². The van der Waals surface area contributed by atoms with Gasteiger partial charge in [-0.3, -0.25) is 9.59 Å². The molecule has 0 unspecified atom stereocenters. The first-order valence-corrected chi connectivity index (χ1v) is 13.1. The minimum Gasteiger partial charge on any atom is -0.497 e. The summed E-state index contributed by atoms with van der Waals surface area (Å²) in [5.41, 5.74) is 7.00. The molecule has 0 aliphatic heterocycles. The Balaban J connectivity index is 1.99. The summed E-state index contributed by atoms with van der Waals surface area (Å²) in [6.45, 7) is 1.87. The van der Waals surface area contributed by atoms with E-state index in [0.717, 1.165) is 5.56 Å². The molecule has 2 atom stereocenters. The number of urea groups is 1. The van der Waals surface area contributed by atoms with Gasteiger partial charge in [0.05, 0.1) is 20.3 Å². The highest BCUT2D eigenvalue weighted by atomic mass is 16.5. The topological polar surface area (TPSA) is 155 Å². The molecular formula is C29H39N3O8. The molecule has 2 rings (SSSR count). The van der Waals surface area contributed by atoms with Gasteiger partial charge in [-0.05, 0) is 74.5 Å². The molecule has 11 nitrogen and oxygen atoms in total. The minimum absolute atomic E-state index is 0.0420. The van der Waals surface area contributed by atoms with Gasteiger partial charge in [0.15, 0.2) is 5.78 Å². The zero-order valence-electron chi connectivity index (χ0n) is 23.3. The van der Waals surface area contributed by atoms with Crippen molar-refractivity contribution in [3.63, 3.8) is 0 Å². The van der Waals surface area contributed by atoms with E-state index in [1.165, 1.54) is 6.92 Å². The Morgan fingerprint density at radius 2 is 1.27 bits per heavy atom. The van der Waals surface area contributed by atoms with E-state index in [2.05, 4.69) is 10.6 Å². The van der Waals surface area contributed by atoms with Gasteiger partial charge in [0.1, 0.15) is 30.8 Å². The summed E-state index contributed by atoms with van der Waals surface area (Å²) in [7, 11) is 3.11. The van der Waals surface area contributed by atoms with Crippen LogP contribution in [-0.4, -0.2) is 56.6 Å². The second-order valence-electron chi connectivity index (χ2n) is 9.12. The van der Waals surface area contributed by atoms with Gasteiger partial charge in [0.2, 0.25) is 0 Å². The van der Waals surface area contributed by atoms with Gasteiger partial charge in [-0.25, -0.2) is 9.59 Å². The first-order valence-electron chi connectivity index (χ1n) is 13.1. The van der Waals surface area contributed by atoms with Crippen LogP contribution in [0.4, 0.5) is 4.79 Å². The van der Waals surface area contributed by atoms with Crippen LogP contribution in [0.3, 0.4) is 0 Å². The number of nitrogens with one attached hydrogen (secondary N) is 2. The highest BCUT2D eigenvalue weighted by Gasteiger charge is 2.26. The van der Waals surface area contributed by atoms with E-state index in [-0.39, 0.29) is 31.8 Å². The van der Waals surface area contributed by atoms with E-state index < -0.39 is 30.1 Å². The molecule has 40 heavy (non-hydrogen) atoms. The molecule has 0 fully saturated rings. The average Bonchev–Trinajstić information content (AvgIpc) is 2.96. The molecule has 2 aromatic rings. The zero-order valence-corrected chi connectivity index (χ0v) is 23.3. The summed E-state index contributed by atoms with van der Waals surface area (Å²) < 4.78 is 21.0. The summed E-state index contributed by atoms with van der Waals surface area (Å²) in [5.74, 6) is -0.147. The second kappa shape index (κ2) is 17.5. The maximum atomic E-state index is 12.9. The van der Waals surface area contributed by atoms with Crippen LogP contribution in [-0.2, 0) is 37.1 Å². The van der Waals surface area contributed by atoms with Crippen molar-refractivity contribution in [2.45, 2.75) is 64.3 Å². The molecule has 2 aromatic carbocycles. The van der Waals surface area contributed by atoms with E-state index in [1.807, 2.05) is 0 Å². The van der Waals surface area contributed by atoms with Gasteiger partial charge >= 0.3 is 18.0 Å². The van der Waals surface area contributed by atoms with Crippen LogP contribution in [0.15, 0.2) is 48.5 Å². The third kappa shape index (κ3) is 11.7. The van der Waals surface area contributed by atoms with Crippen molar-refractivity contribution >= 4 is 23.8 Å². The van der Waals surface area contributed by atoms with E-state index in [4.69, 9.17) is 24.7 Å². The molecule has 0 radical (unpaired) electrons. The van der Waals surface area contributed by atoms with Crippen LogP contribution >= 0.6 is 0 Å². The number of unbranched alkanes of at least 4 members (excludes halogenated alkanes) is 1. The van der Waals surface area contributed by atoms with Crippen molar-refractivity contribution in [1.29, 1.82) is 0 Å².